The zero-order valence-corrected chi connectivity index (χ0v) is 9.84. The van der Waals surface area contributed by atoms with Crippen molar-refractivity contribution in [2.45, 2.75) is 18.7 Å². The second-order valence-electron chi connectivity index (χ2n) is 2.76. The summed E-state index contributed by atoms with van der Waals surface area (Å²) in [7, 11) is -4.02. The lowest BCUT2D eigenvalue weighted by atomic mass is 10.2. The zero-order valence-electron chi connectivity index (χ0n) is 8.27. The number of hydrogen-bond acceptors (Lipinski definition) is 3. The van der Waals surface area contributed by atoms with Crippen LogP contribution in [0, 0.1) is 6.92 Å². The Morgan fingerprint density at radius 2 is 1.60 bits per heavy atom. The van der Waals surface area contributed by atoms with Gasteiger partial charge in [0.1, 0.15) is 0 Å². The molecule has 0 unspecified atom stereocenters. The van der Waals surface area contributed by atoms with Crippen LogP contribution in [0.4, 0.5) is 0 Å². The van der Waals surface area contributed by atoms with Crippen LogP contribution in [0.3, 0.4) is 0 Å². The molecule has 0 bridgehead atoms. The highest BCUT2D eigenvalue weighted by Crippen LogP contribution is 2.08. The number of aryl methyl sites for hydroxylation is 1. The van der Waals surface area contributed by atoms with Gasteiger partial charge in [0.05, 0.1) is 4.90 Å². The maximum atomic E-state index is 10.5. The highest BCUT2D eigenvalue weighted by Gasteiger charge is 2.06. The van der Waals surface area contributed by atoms with Gasteiger partial charge in [-0.3, -0.25) is 9.35 Å². The van der Waals surface area contributed by atoms with Crippen LogP contribution in [0.2, 0.25) is 0 Å². The Balaban J connectivity index is 0.000000423. The van der Waals surface area contributed by atoms with Crippen LogP contribution in [-0.2, 0) is 14.9 Å². The van der Waals surface area contributed by atoms with Crippen molar-refractivity contribution in [2.75, 3.05) is 0 Å². The van der Waals surface area contributed by atoms with E-state index in [1.54, 1.807) is 12.1 Å². The second-order valence-corrected chi connectivity index (χ2v) is 4.71. The van der Waals surface area contributed by atoms with Crippen LogP contribution in [0.15, 0.2) is 29.2 Å². The molecule has 0 aliphatic carbocycles. The molecule has 0 spiro atoms. The van der Waals surface area contributed by atoms with E-state index in [2.05, 4.69) is 11.6 Å². The molecule has 4 nitrogen and oxygen atoms in total. The van der Waals surface area contributed by atoms with Crippen molar-refractivity contribution in [3.8, 4) is 0 Å². The number of carbonyl (C=O) groups excluding carboxylic acids is 1. The molecule has 0 aromatic heterocycles. The fourth-order valence-corrected chi connectivity index (χ4v) is 1.19. The van der Waals surface area contributed by atoms with Crippen molar-refractivity contribution >= 4 is 27.0 Å². The van der Waals surface area contributed by atoms with Crippen molar-refractivity contribution in [3.05, 3.63) is 29.8 Å². The quantitative estimate of drug-likeness (QED) is 0.611. The highest BCUT2D eigenvalue weighted by atomic mass is 35.5. The summed E-state index contributed by atoms with van der Waals surface area (Å²) in [6.07, 6.45) is 0. The maximum Gasteiger partial charge on any atom is 0.294 e. The number of hydrogen-bond donors (Lipinski definition) is 1. The minimum atomic E-state index is -4.02. The lowest BCUT2D eigenvalue weighted by molar-refractivity contribution is -0.109. The highest BCUT2D eigenvalue weighted by molar-refractivity contribution is 7.85. The van der Waals surface area contributed by atoms with E-state index in [-0.39, 0.29) is 10.1 Å². The van der Waals surface area contributed by atoms with Crippen molar-refractivity contribution in [1.82, 2.24) is 0 Å². The summed E-state index contributed by atoms with van der Waals surface area (Å²) in [6, 6.07) is 5.99. The van der Waals surface area contributed by atoms with Crippen LogP contribution in [0.5, 0.6) is 0 Å². The first-order valence-corrected chi connectivity index (χ1v) is 5.75. The standard InChI is InChI=1S/C7H8O3S.C2H3ClO/c1-6-2-4-7(5-3-6)11(8,9)10;1-2(3)4/h2-5H,1H3,(H,8,9,10);1H3. The summed E-state index contributed by atoms with van der Waals surface area (Å²) < 4.78 is 29.6. The smallest absolute Gasteiger partial charge is 0.282 e. The normalized spacial score (nSPS) is 10.1. The molecule has 1 aromatic carbocycles. The van der Waals surface area contributed by atoms with E-state index in [9.17, 15) is 13.2 Å². The molecule has 0 radical (unpaired) electrons. The van der Waals surface area contributed by atoms with Gasteiger partial charge >= 0.3 is 0 Å². The molecule has 1 aromatic rings. The predicted octanol–water partition coefficient (Wildman–Crippen LogP) is 2.01. The van der Waals surface area contributed by atoms with Gasteiger partial charge in [-0.15, -0.1) is 0 Å². The first-order valence-electron chi connectivity index (χ1n) is 3.93. The number of rotatable bonds is 1. The Labute approximate surface area is 93.6 Å². The number of carbonyl (C=O) groups is 1. The molecular weight excluding hydrogens is 240 g/mol. The van der Waals surface area contributed by atoms with Gasteiger partial charge in [-0.1, -0.05) is 17.7 Å². The topological polar surface area (TPSA) is 71.4 Å². The molecule has 0 saturated heterocycles. The minimum Gasteiger partial charge on any atom is -0.282 e. The summed E-state index contributed by atoms with van der Waals surface area (Å²) in [5, 5.41) is -0.361. The Hall–Kier alpha value is -0.910. The van der Waals surface area contributed by atoms with E-state index in [1.807, 2.05) is 6.92 Å². The zero-order chi connectivity index (χ0) is 12.1. The maximum absolute atomic E-state index is 10.5. The molecule has 0 amide bonds. The summed E-state index contributed by atoms with van der Waals surface area (Å²) >= 11 is 4.64. The van der Waals surface area contributed by atoms with Crippen LogP contribution in [0.1, 0.15) is 12.5 Å². The third-order valence-electron chi connectivity index (χ3n) is 1.32. The molecule has 0 heterocycles. The SMILES string of the molecule is CC(=O)Cl.Cc1ccc(S(=O)(=O)O)cc1. The fourth-order valence-electron chi connectivity index (χ4n) is 0.710. The monoisotopic (exact) mass is 250 g/mol. The first kappa shape index (κ1) is 14.1. The van der Waals surface area contributed by atoms with Crippen LogP contribution < -0.4 is 0 Å². The van der Waals surface area contributed by atoms with Gasteiger partial charge in [-0.25, -0.2) is 0 Å². The van der Waals surface area contributed by atoms with E-state index in [4.69, 9.17) is 4.55 Å². The molecule has 0 aliphatic heterocycles. The van der Waals surface area contributed by atoms with Crippen LogP contribution in [0.25, 0.3) is 0 Å². The van der Waals surface area contributed by atoms with Gasteiger partial charge < -0.3 is 0 Å². The molecular formula is C9H11ClO4S. The van der Waals surface area contributed by atoms with Crippen molar-refractivity contribution in [3.63, 3.8) is 0 Å². The van der Waals surface area contributed by atoms with Gasteiger partial charge in [-0.05, 0) is 30.7 Å². The summed E-state index contributed by atoms with van der Waals surface area (Å²) in [4.78, 5) is 9.14. The largest absolute Gasteiger partial charge is 0.294 e. The Kier molecular flexibility index (Phi) is 5.49. The fraction of sp³-hybridized carbons (Fsp3) is 0.222. The van der Waals surface area contributed by atoms with E-state index in [0.29, 0.717) is 0 Å². The summed E-state index contributed by atoms with van der Waals surface area (Å²) in [6.45, 7) is 3.13. The molecule has 0 atom stereocenters. The predicted molar refractivity (Wildman–Crippen MR) is 57.5 cm³/mol. The van der Waals surface area contributed by atoms with Crippen molar-refractivity contribution in [1.29, 1.82) is 0 Å². The lowest BCUT2D eigenvalue weighted by Crippen LogP contribution is -1.96. The van der Waals surface area contributed by atoms with Gasteiger partial charge in [-0.2, -0.15) is 8.42 Å². The van der Waals surface area contributed by atoms with Gasteiger partial charge in [0.2, 0.25) is 5.24 Å². The lowest BCUT2D eigenvalue weighted by Gasteiger charge is -1.95. The number of benzene rings is 1. The molecule has 1 N–H and O–H groups in total. The Morgan fingerprint density at radius 1 is 1.27 bits per heavy atom. The van der Waals surface area contributed by atoms with E-state index >= 15 is 0 Å². The Bertz CT molecular complexity index is 418. The van der Waals surface area contributed by atoms with Crippen molar-refractivity contribution < 1.29 is 17.8 Å². The van der Waals surface area contributed by atoms with Gasteiger partial charge in [0, 0.05) is 6.92 Å². The molecule has 6 heteroatoms. The average Bonchev–Trinajstić information content (AvgIpc) is 2.01. The van der Waals surface area contributed by atoms with E-state index in [1.165, 1.54) is 19.1 Å². The third-order valence-corrected chi connectivity index (χ3v) is 2.19. The Morgan fingerprint density at radius 3 is 1.87 bits per heavy atom. The van der Waals surface area contributed by atoms with E-state index in [0.717, 1.165) is 5.56 Å². The first-order chi connectivity index (χ1) is 6.73. The van der Waals surface area contributed by atoms with E-state index < -0.39 is 10.1 Å². The molecule has 0 fully saturated rings. The average molecular weight is 251 g/mol. The van der Waals surface area contributed by atoms with Crippen molar-refractivity contribution in [2.24, 2.45) is 0 Å². The molecule has 0 saturated carbocycles. The second kappa shape index (κ2) is 5.85. The van der Waals surface area contributed by atoms with Crippen LogP contribution in [-0.4, -0.2) is 18.2 Å². The summed E-state index contributed by atoms with van der Waals surface area (Å²) in [5.74, 6) is 0. The third kappa shape index (κ3) is 7.07. The molecule has 0 aliphatic rings. The summed E-state index contributed by atoms with van der Waals surface area (Å²) in [5.41, 5.74) is 0.956. The molecule has 84 valence electrons. The molecule has 15 heavy (non-hydrogen) atoms. The molecule has 1 rings (SSSR count). The van der Waals surface area contributed by atoms with Gasteiger partial charge in [0.25, 0.3) is 10.1 Å². The van der Waals surface area contributed by atoms with Crippen LogP contribution >= 0.6 is 11.6 Å². The van der Waals surface area contributed by atoms with Gasteiger partial charge in [0.15, 0.2) is 0 Å². The number of halogens is 1. The minimum absolute atomic E-state index is 0.0666.